The van der Waals surface area contributed by atoms with Gasteiger partial charge in [0.1, 0.15) is 11.3 Å². The number of hydrogen-bond acceptors (Lipinski definition) is 6. The average Bonchev–Trinajstić information content (AvgIpc) is 3.32. The van der Waals surface area contributed by atoms with Gasteiger partial charge in [0, 0.05) is 29.6 Å². The molecule has 30 heavy (non-hydrogen) atoms. The highest BCUT2D eigenvalue weighted by molar-refractivity contribution is 5.97. The number of nitrogens with zero attached hydrogens (tertiary/aromatic N) is 4. The summed E-state index contributed by atoms with van der Waals surface area (Å²) >= 11 is 0. The maximum absolute atomic E-state index is 14.0. The lowest BCUT2D eigenvalue weighted by Crippen LogP contribution is -2.36. The van der Waals surface area contributed by atoms with Gasteiger partial charge in [0.2, 0.25) is 17.8 Å². The van der Waals surface area contributed by atoms with E-state index in [0.717, 1.165) is 42.2 Å². The molecule has 0 bridgehead atoms. The van der Waals surface area contributed by atoms with E-state index in [9.17, 15) is 9.50 Å². The van der Waals surface area contributed by atoms with Crippen LogP contribution in [0.3, 0.4) is 0 Å². The Morgan fingerprint density at radius 1 is 1.30 bits per heavy atom. The normalized spacial score (nSPS) is 21.9. The number of methoxy groups -OCH3 is 1. The number of anilines is 1. The van der Waals surface area contributed by atoms with Crippen LogP contribution >= 0.6 is 0 Å². The summed E-state index contributed by atoms with van der Waals surface area (Å²) in [6.45, 7) is 1.88. The first-order valence-electron chi connectivity index (χ1n) is 9.98. The summed E-state index contributed by atoms with van der Waals surface area (Å²) in [5.74, 6) is 0.496. The summed E-state index contributed by atoms with van der Waals surface area (Å²) < 4.78 is 20.9. The lowest BCUT2D eigenvalue weighted by molar-refractivity contribution is 0.0195. The molecule has 5 rings (SSSR count). The third-order valence-electron chi connectivity index (χ3n) is 5.86. The minimum absolute atomic E-state index is 0.202. The molecule has 3 N–H and O–H groups in total. The van der Waals surface area contributed by atoms with E-state index in [1.165, 1.54) is 10.6 Å². The first kappa shape index (κ1) is 18.8. The molecule has 1 aliphatic carbocycles. The summed E-state index contributed by atoms with van der Waals surface area (Å²) in [4.78, 5) is 16.4. The molecule has 4 aromatic heterocycles. The van der Waals surface area contributed by atoms with Crippen molar-refractivity contribution in [3.8, 4) is 17.0 Å². The minimum Gasteiger partial charge on any atom is -0.480 e. The van der Waals surface area contributed by atoms with Gasteiger partial charge >= 0.3 is 0 Å². The standard InChI is InChI=1S/C21H23FN6O2/c1-21(29)7-5-13(6-8-21)25-20-26-18-17(19(27-20)30-2)14(9-24-18)12-3-4-16-23-10-15(22)28(16)11-12/h3-4,9-11,13,29H,5-8H2,1-2H3,(H2,24,25,26,27)/t13-,21+. The van der Waals surface area contributed by atoms with Crippen molar-refractivity contribution < 1.29 is 14.2 Å². The van der Waals surface area contributed by atoms with Crippen LogP contribution in [-0.2, 0) is 0 Å². The molecule has 4 heterocycles. The molecule has 1 fully saturated rings. The van der Waals surface area contributed by atoms with Gasteiger partial charge in [-0.05, 0) is 44.7 Å². The van der Waals surface area contributed by atoms with Gasteiger partial charge in [-0.1, -0.05) is 0 Å². The van der Waals surface area contributed by atoms with Crippen LogP contribution in [0.1, 0.15) is 32.6 Å². The Kier molecular flexibility index (Phi) is 4.35. The van der Waals surface area contributed by atoms with Crippen LogP contribution in [0.4, 0.5) is 10.3 Å². The molecule has 1 aliphatic rings. The second-order valence-electron chi connectivity index (χ2n) is 8.12. The Balaban J connectivity index is 1.50. The first-order chi connectivity index (χ1) is 14.4. The van der Waals surface area contributed by atoms with Crippen molar-refractivity contribution in [1.82, 2.24) is 24.3 Å². The van der Waals surface area contributed by atoms with E-state index >= 15 is 0 Å². The van der Waals surface area contributed by atoms with Crippen LogP contribution in [-0.4, -0.2) is 48.2 Å². The van der Waals surface area contributed by atoms with Crippen molar-refractivity contribution in [2.75, 3.05) is 12.4 Å². The third kappa shape index (κ3) is 3.24. The SMILES string of the molecule is COc1nc(N[C@H]2CC[C@@](C)(O)CC2)nc2[nH]cc(-c3ccc4ncc(F)n4c3)c12. The van der Waals surface area contributed by atoms with E-state index in [2.05, 4.69) is 25.3 Å². The fraction of sp³-hybridized carbons (Fsp3) is 0.381. The second-order valence-corrected chi connectivity index (χ2v) is 8.12. The number of aliphatic hydroxyl groups is 1. The summed E-state index contributed by atoms with van der Waals surface area (Å²) in [5.41, 5.74) is 2.19. The van der Waals surface area contributed by atoms with Gasteiger partial charge in [-0.25, -0.2) is 4.98 Å². The number of hydrogen-bond donors (Lipinski definition) is 3. The molecular formula is C21H23FN6O2. The zero-order valence-corrected chi connectivity index (χ0v) is 16.8. The molecular weight excluding hydrogens is 387 g/mol. The molecule has 0 unspecified atom stereocenters. The monoisotopic (exact) mass is 410 g/mol. The minimum atomic E-state index is -0.592. The molecule has 0 atom stereocenters. The van der Waals surface area contributed by atoms with Crippen molar-refractivity contribution in [3.63, 3.8) is 0 Å². The average molecular weight is 410 g/mol. The molecule has 1 saturated carbocycles. The van der Waals surface area contributed by atoms with Gasteiger partial charge in [0.05, 0.1) is 24.3 Å². The van der Waals surface area contributed by atoms with Crippen LogP contribution in [0.2, 0.25) is 0 Å². The van der Waals surface area contributed by atoms with Gasteiger partial charge < -0.3 is 20.1 Å². The number of H-pyrrole nitrogens is 1. The molecule has 0 spiro atoms. The molecule has 0 aromatic carbocycles. The van der Waals surface area contributed by atoms with Crippen LogP contribution in [0.25, 0.3) is 27.8 Å². The number of aromatic amines is 1. The van der Waals surface area contributed by atoms with Gasteiger partial charge in [-0.2, -0.15) is 14.4 Å². The highest BCUT2D eigenvalue weighted by Crippen LogP contribution is 2.35. The zero-order chi connectivity index (χ0) is 20.9. The maximum Gasteiger partial charge on any atom is 0.228 e. The van der Waals surface area contributed by atoms with Crippen molar-refractivity contribution in [2.24, 2.45) is 0 Å². The van der Waals surface area contributed by atoms with Gasteiger partial charge in [-0.3, -0.25) is 4.40 Å². The lowest BCUT2D eigenvalue weighted by atomic mass is 9.84. The highest BCUT2D eigenvalue weighted by atomic mass is 19.1. The smallest absolute Gasteiger partial charge is 0.228 e. The number of imidazole rings is 1. The quantitative estimate of drug-likeness (QED) is 0.476. The van der Waals surface area contributed by atoms with Crippen LogP contribution < -0.4 is 10.1 Å². The van der Waals surface area contributed by atoms with E-state index in [1.54, 1.807) is 19.4 Å². The fourth-order valence-corrected chi connectivity index (χ4v) is 4.12. The third-order valence-corrected chi connectivity index (χ3v) is 5.86. The van der Waals surface area contributed by atoms with Crippen molar-refractivity contribution in [2.45, 2.75) is 44.2 Å². The summed E-state index contributed by atoms with van der Waals surface area (Å²) in [6, 6.07) is 3.84. The van der Waals surface area contributed by atoms with Crippen molar-refractivity contribution in [1.29, 1.82) is 0 Å². The summed E-state index contributed by atoms with van der Waals surface area (Å²) in [6.07, 6.45) is 7.89. The molecule has 4 aromatic rings. The number of aromatic nitrogens is 5. The van der Waals surface area contributed by atoms with Crippen LogP contribution in [0, 0.1) is 5.95 Å². The fourth-order valence-electron chi connectivity index (χ4n) is 4.12. The van der Waals surface area contributed by atoms with E-state index in [4.69, 9.17) is 4.74 Å². The number of fused-ring (bicyclic) bond motifs is 2. The molecule has 156 valence electrons. The van der Waals surface area contributed by atoms with E-state index in [1.807, 2.05) is 19.2 Å². The van der Waals surface area contributed by atoms with Crippen molar-refractivity contribution in [3.05, 3.63) is 36.7 Å². The van der Waals surface area contributed by atoms with Gasteiger partial charge in [0.15, 0.2) is 0 Å². The Morgan fingerprint density at radius 2 is 2.10 bits per heavy atom. The number of ether oxygens (including phenoxy) is 1. The largest absolute Gasteiger partial charge is 0.480 e. The van der Waals surface area contributed by atoms with Crippen molar-refractivity contribution >= 4 is 22.6 Å². The molecule has 8 nitrogen and oxygen atoms in total. The van der Waals surface area contributed by atoms with E-state index in [-0.39, 0.29) is 6.04 Å². The molecule has 0 radical (unpaired) electrons. The number of nitrogens with one attached hydrogen (secondary N) is 2. The molecule has 0 saturated heterocycles. The number of pyridine rings is 1. The van der Waals surface area contributed by atoms with Gasteiger partial charge in [-0.15, -0.1) is 0 Å². The van der Waals surface area contributed by atoms with E-state index < -0.39 is 11.5 Å². The summed E-state index contributed by atoms with van der Waals surface area (Å²) in [7, 11) is 1.57. The van der Waals surface area contributed by atoms with Crippen LogP contribution in [0.5, 0.6) is 5.88 Å². The lowest BCUT2D eigenvalue weighted by Gasteiger charge is -2.33. The highest BCUT2D eigenvalue weighted by Gasteiger charge is 2.29. The van der Waals surface area contributed by atoms with Gasteiger partial charge in [0.25, 0.3) is 0 Å². The molecule has 0 amide bonds. The topological polar surface area (TPSA) is 100 Å². The summed E-state index contributed by atoms with van der Waals surface area (Å²) in [5, 5.41) is 14.2. The second kappa shape index (κ2) is 6.94. The maximum atomic E-state index is 14.0. The molecule has 9 heteroatoms. The zero-order valence-electron chi connectivity index (χ0n) is 16.8. The predicted molar refractivity (Wildman–Crippen MR) is 111 cm³/mol. The van der Waals surface area contributed by atoms with E-state index in [0.29, 0.717) is 23.1 Å². The Bertz CT molecular complexity index is 1220. The molecule has 0 aliphatic heterocycles. The Hall–Kier alpha value is -3.20. The number of rotatable bonds is 4. The van der Waals surface area contributed by atoms with Crippen LogP contribution in [0.15, 0.2) is 30.7 Å². The number of halogens is 1. The Labute approximate surface area is 172 Å². The first-order valence-corrected chi connectivity index (χ1v) is 9.98. The Morgan fingerprint density at radius 3 is 2.87 bits per heavy atom. The predicted octanol–water partition coefficient (Wildman–Crippen LogP) is 3.53.